The zero-order valence-electron chi connectivity index (χ0n) is 12.8. The van der Waals surface area contributed by atoms with Crippen LogP contribution in [0.5, 0.6) is 5.75 Å². The lowest BCUT2D eigenvalue weighted by Gasteiger charge is -2.18. The molecule has 1 aromatic heterocycles. The molecule has 1 unspecified atom stereocenters. The molecule has 0 fully saturated rings. The molecule has 0 radical (unpaired) electrons. The largest absolute Gasteiger partial charge is 0.484 e. The molecule has 0 aliphatic rings. The number of hydrogen-bond donors (Lipinski definition) is 3. The Hall–Kier alpha value is -2.67. The number of nitrogens with one attached hydrogen (secondary N) is 1. The second-order valence-corrected chi connectivity index (χ2v) is 4.97. The second kappa shape index (κ2) is 6.40. The molecule has 1 atom stereocenters. The fraction of sp³-hybridized carbons (Fsp3) is 0.267. The van der Waals surface area contributed by atoms with Crippen LogP contribution in [0, 0.1) is 13.8 Å². The van der Waals surface area contributed by atoms with Crippen LogP contribution < -0.4 is 21.7 Å². The van der Waals surface area contributed by atoms with Crippen LogP contribution in [-0.4, -0.2) is 15.9 Å². The average molecular weight is 301 g/mol. The van der Waals surface area contributed by atoms with E-state index in [4.69, 9.17) is 16.3 Å². The third-order valence-corrected chi connectivity index (χ3v) is 3.21. The highest BCUT2D eigenvalue weighted by atomic mass is 16.5. The predicted molar refractivity (Wildman–Crippen MR) is 83.1 cm³/mol. The Labute approximate surface area is 128 Å². The highest BCUT2D eigenvalue weighted by Crippen LogP contribution is 2.25. The van der Waals surface area contributed by atoms with Crippen LogP contribution >= 0.6 is 0 Å². The first-order valence-corrected chi connectivity index (χ1v) is 6.80. The van der Waals surface area contributed by atoms with Gasteiger partial charge in [-0.25, -0.2) is 15.8 Å². The van der Waals surface area contributed by atoms with E-state index in [9.17, 15) is 4.79 Å². The third kappa shape index (κ3) is 3.32. The quantitative estimate of drug-likeness (QED) is 0.447. The maximum absolute atomic E-state index is 12.0. The molecule has 22 heavy (non-hydrogen) atoms. The monoisotopic (exact) mass is 301 g/mol. The first-order chi connectivity index (χ1) is 10.4. The van der Waals surface area contributed by atoms with Crippen LogP contribution in [0.25, 0.3) is 0 Å². The number of carbonyl (C=O) groups is 1. The summed E-state index contributed by atoms with van der Waals surface area (Å²) in [5, 5.41) is 0. The lowest BCUT2D eigenvalue weighted by Crippen LogP contribution is -2.33. The van der Waals surface area contributed by atoms with E-state index in [0.717, 1.165) is 5.56 Å². The number of rotatable bonds is 4. The Kier molecular flexibility index (Phi) is 4.57. The van der Waals surface area contributed by atoms with Crippen molar-refractivity contribution >= 4 is 11.9 Å². The first kappa shape index (κ1) is 15.7. The van der Waals surface area contributed by atoms with Crippen molar-refractivity contribution in [1.29, 1.82) is 0 Å². The molecule has 1 heterocycles. The summed E-state index contributed by atoms with van der Waals surface area (Å²) < 4.78 is 5.83. The van der Waals surface area contributed by atoms with Crippen LogP contribution in [0.1, 0.15) is 40.3 Å². The Morgan fingerprint density at radius 2 is 1.86 bits per heavy atom. The summed E-state index contributed by atoms with van der Waals surface area (Å²) >= 11 is 0. The van der Waals surface area contributed by atoms with Crippen LogP contribution in [0.2, 0.25) is 0 Å². The van der Waals surface area contributed by atoms with Gasteiger partial charge >= 0.3 is 0 Å². The van der Waals surface area contributed by atoms with Crippen molar-refractivity contribution in [2.75, 3.05) is 5.73 Å². The van der Waals surface area contributed by atoms with Gasteiger partial charge in [0.15, 0.2) is 0 Å². The highest BCUT2D eigenvalue weighted by Gasteiger charge is 2.22. The summed E-state index contributed by atoms with van der Waals surface area (Å²) in [6, 6.07) is 7.59. The van der Waals surface area contributed by atoms with Crippen molar-refractivity contribution < 1.29 is 9.53 Å². The van der Waals surface area contributed by atoms with Gasteiger partial charge in [-0.2, -0.15) is 0 Å². The van der Waals surface area contributed by atoms with Crippen LogP contribution in [0.4, 0.5) is 5.95 Å². The van der Waals surface area contributed by atoms with E-state index in [-0.39, 0.29) is 11.5 Å². The van der Waals surface area contributed by atoms with E-state index in [2.05, 4.69) is 15.4 Å². The number of anilines is 1. The third-order valence-electron chi connectivity index (χ3n) is 3.21. The van der Waals surface area contributed by atoms with Crippen LogP contribution in [0.15, 0.2) is 24.3 Å². The standard InChI is InChI=1S/C15H19N5O2/c1-8-4-6-11(7-5-8)22-10(3)13-12(14(21)20-17)9(2)18-15(16)19-13/h4-7,10H,17H2,1-3H3,(H,20,21)(H2,16,18,19). The molecule has 0 aliphatic carbocycles. The molecule has 0 bridgehead atoms. The Bertz CT molecular complexity index is 685. The van der Waals surface area contributed by atoms with Gasteiger partial charge in [-0.05, 0) is 32.9 Å². The minimum atomic E-state index is -0.487. The molecule has 5 N–H and O–H groups in total. The number of carbonyl (C=O) groups excluding carboxylic acids is 1. The number of amides is 1. The number of benzene rings is 1. The fourth-order valence-electron chi connectivity index (χ4n) is 2.14. The summed E-state index contributed by atoms with van der Waals surface area (Å²) in [5.41, 5.74) is 10.0. The van der Waals surface area contributed by atoms with Crippen molar-refractivity contribution in [3.05, 3.63) is 46.8 Å². The predicted octanol–water partition coefficient (Wildman–Crippen LogP) is 1.42. The van der Waals surface area contributed by atoms with Gasteiger partial charge in [-0.1, -0.05) is 17.7 Å². The molecule has 0 saturated carbocycles. The number of hydrogen-bond acceptors (Lipinski definition) is 6. The van der Waals surface area contributed by atoms with Gasteiger partial charge in [0.05, 0.1) is 17.0 Å². The SMILES string of the molecule is Cc1ccc(OC(C)c2nc(N)nc(C)c2C(=O)NN)cc1. The van der Waals surface area contributed by atoms with E-state index >= 15 is 0 Å². The van der Waals surface area contributed by atoms with Crippen molar-refractivity contribution in [2.45, 2.75) is 26.9 Å². The van der Waals surface area contributed by atoms with Crippen LogP contribution in [0.3, 0.4) is 0 Å². The van der Waals surface area contributed by atoms with Crippen molar-refractivity contribution in [1.82, 2.24) is 15.4 Å². The number of hydrazine groups is 1. The smallest absolute Gasteiger partial charge is 0.269 e. The molecule has 0 spiro atoms. The van der Waals surface area contributed by atoms with E-state index in [1.165, 1.54) is 0 Å². The van der Waals surface area contributed by atoms with Gasteiger partial charge in [-0.3, -0.25) is 10.2 Å². The Morgan fingerprint density at radius 1 is 1.23 bits per heavy atom. The first-order valence-electron chi connectivity index (χ1n) is 6.80. The number of nitrogens with two attached hydrogens (primary N) is 2. The Balaban J connectivity index is 2.37. The van der Waals surface area contributed by atoms with Gasteiger partial charge in [0.25, 0.3) is 5.91 Å². The van der Waals surface area contributed by atoms with Gasteiger partial charge in [0.2, 0.25) is 5.95 Å². The van der Waals surface area contributed by atoms with Gasteiger partial charge < -0.3 is 10.5 Å². The molecule has 0 saturated heterocycles. The Morgan fingerprint density at radius 3 is 2.45 bits per heavy atom. The number of aromatic nitrogens is 2. The molecular weight excluding hydrogens is 282 g/mol. The minimum Gasteiger partial charge on any atom is -0.484 e. The normalized spacial score (nSPS) is 11.8. The van der Waals surface area contributed by atoms with Gasteiger partial charge in [0.1, 0.15) is 11.9 Å². The maximum Gasteiger partial charge on any atom is 0.269 e. The molecule has 1 amide bonds. The van der Waals surface area contributed by atoms with Crippen LogP contribution in [-0.2, 0) is 0 Å². The lowest BCUT2D eigenvalue weighted by atomic mass is 10.1. The van der Waals surface area contributed by atoms with E-state index in [1.807, 2.05) is 31.2 Å². The molecule has 7 nitrogen and oxygen atoms in total. The van der Waals surface area contributed by atoms with Crippen molar-refractivity contribution in [3.8, 4) is 5.75 Å². The second-order valence-electron chi connectivity index (χ2n) is 4.97. The zero-order valence-corrected chi connectivity index (χ0v) is 12.8. The zero-order chi connectivity index (χ0) is 16.3. The van der Waals surface area contributed by atoms with Crippen molar-refractivity contribution in [2.24, 2.45) is 5.84 Å². The molecule has 2 rings (SSSR count). The number of ether oxygens (including phenoxy) is 1. The maximum atomic E-state index is 12.0. The minimum absolute atomic E-state index is 0.0837. The summed E-state index contributed by atoms with van der Waals surface area (Å²) in [4.78, 5) is 20.1. The molecule has 116 valence electrons. The highest BCUT2D eigenvalue weighted by molar-refractivity contribution is 5.96. The van der Waals surface area contributed by atoms with Gasteiger partial charge in [-0.15, -0.1) is 0 Å². The molecule has 7 heteroatoms. The summed E-state index contributed by atoms with van der Waals surface area (Å²) in [6.45, 7) is 5.45. The summed E-state index contributed by atoms with van der Waals surface area (Å²) in [6.07, 6.45) is -0.487. The van der Waals surface area contributed by atoms with E-state index in [0.29, 0.717) is 17.1 Å². The molecule has 0 aliphatic heterocycles. The number of nitrogen functional groups attached to an aromatic ring is 2. The number of nitrogens with zero attached hydrogens (tertiary/aromatic N) is 2. The molecular formula is C15H19N5O2. The topological polar surface area (TPSA) is 116 Å². The summed E-state index contributed by atoms with van der Waals surface area (Å²) in [7, 11) is 0. The van der Waals surface area contributed by atoms with E-state index < -0.39 is 12.0 Å². The lowest BCUT2D eigenvalue weighted by molar-refractivity contribution is 0.0946. The molecule has 2 aromatic rings. The fourth-order valence-corrected chi connectivity index (χ4v) is 2.14. The summed E-state index contributed by atoms with van der Waals surface area (Å²) in [5.74, 6) is 5.50. The number of aryl methyl sites for hydroxylation is 2. The van der Waals surface area contributed by atoms with Gasteiger partial charge in [0, 0.05) is 0 Å². The molecule has 1 aromatic carbocycles. The average Bonchev–Trinajstić information content (AvgIpc) is 2.48. The van der Waals surface area contributed by atoms with Crippen molar-refractivity contribution in [3.63, 3.8) is 0 Å². The van der Waals surface area contributed by atoms with E-state index in [1.54, 1.807) is 13.8 Å².